The molecule has 19 heavy (non-hydrogen) atoms. The molecule has 0 unspecified atom stereocenters. The summed E-state index contributed by atoms with van der Waals surface area (Å²) in [5.41, 5.74) is 5.01. The molecular formula is C14H17FN2O2. The average Bonchev–Trinajstić information content (AvgIpc) is 2.65. The largest absolute Gasteiger partial charge is 0.396 e. The topological polar surface area (TPSA) is 63.4 Å². The molecule has 0 atom stereocenters. The lowest BCUT2D eigenvalue weighted by atomic mass is 9.81. The first-order valence-electron chi connectivity index (χ1n) is 6.37. The third-order valence-electron chi connectivity index (χ3n) is 3.99. The molecule has 0 aromatic heterocycles. The minimum Gasteiger partial charge on any atom is -0.396 e. The molecule has 1 saturated heterocycles. The second-order valence-corrected chi connectivity index (χ2v) is 4.90. The van der Waals surface area contributed by atoms with Crippen LogP contribution < -0.4 is 10.6 Å². The Morgan fingerprint density at radius 3 is 2.42 bits per heavy atom. The number of halogens is 1. The second-order valence-electron chi connectivity index (χ2n) is 4.90. The number of amides is 2. The monoisotopic (exact) mass is 264 g/mol. The number of anilines is 2. The van der Waals surface area contributed by atoms with E-state index in [-0.39, 0.29) is 29.6 Å². The van der Waals surface area contributed by atoms with E-state index in [0.717, 1.165) is 11.0 Å². The highest BCUT2D eigenvalue weighted by atomic mass is 19.1. The summed E-state index contributed by atoms with van der Waals surface area (Å²) >= 11 is 0. The molecule has 2 amide bonds. The van der Waals surface area contributed by atoms with Gasteiger partial charge < -0.3 is 5.73 Å². The summed E-state index contributed by atoms with van der Waals surface area (Å²) < 4.78 is 13.5. The summed E-state index contributed by atoms with van der Waals surface area (Å²) in [6.45, 7) is 3.78. The summed E-state index contributed by atoms with van der Waals surface area (Å²) in [7, 11) is 0. The van der Waals surface area contributed by atoms with E-state index in [2.05, 4.69) is 0 Å². The van der Waals surface area contributed by atoms with Gasteiger partial charge in [-0.3, -0.25) is 9.59 Å². The highest BCUT2D eigenvalue weighted by Crippen LogP contribution is 2.41. The Bertz CT molecular complexity index is 538. The van der Waals surface area contributed by atoms with Gasteiger partial charge in [-0.15, -0.1) is 0 Å². The Hall–Kier alpha value is -1.91. The molecule has 1 heterocycles. The summed E-state index contributed by atoms with van der Waals surface area (Å²) in [5.74, 6) is -1.15. The van der Waals surface area contributed by atoms with Gasteiger partial charge >= 0.3 is 0 Å². The van der Waals surface area contributed by atoms with Gasteiger partial charge in [-0.1, -0.05) is 13.8 Å². The van der Waals surface area contributed by atoms with E-state index in [0.29, 0.717) is 12.8 Å². The predicted octanol–water partition coefficient (Wildman–Crippen LogP) is 2.48. The van der Waals surface area contributed by atoms with E-state index in [1.807, 2.05) is 13.8 Å². The van der Waals surface area contributed by atoms with E-state index >= 15 is 0 Å². The molecule has 102 valence electrons. The Morgan fingerprint density at radius 1 is 1.32 bits per heavy atom. The maximum Gasteiger partial charge on any atom is 0.240 e. The van der Waals surface area contributed by atoms with Crippen LogP contribution in [0.1, 0.15) is 33.1 Å². The number of nitrogens with zero attached hydrogens (tertiary/aromatic N) is 1. The van der Waals surface area contributed by atoms with Crippen LogP contribution >= 0.6 is 0 Å². The van der Waals surface area contributed by atoms with Crippen molar-refractivity contribution in [1.29, 1.82) is 0 Å². The molecule has 0 aliphatic carbocycles. The zero-order valence-corrected chi connectivity index (χ0v) is 11.1. The van der Waals surface area contributed by atoms with E-state index in [1.165, 1.54) is 12.1 Å². The minimum atomic E-state index is -0.644. The lowest BCUT2D eigenvalue weighted by Gasteiger charge is -2.23. The smallest absolute Gasteiger partial charge is 0.240 e. The van der Waals surface area contributed by atoms with Crippen LogP contribution in [0.25, 0.3) is 0 Å². The Morgan fingerprint density at radius 2 is 1.95 bits per heavy atom. The van der Waals surface area contributed by atoms with E-state index in [4.69, 9.17) is 5.73 Å². The molecule has 0 radical (unpaired) electrons. The SMILES string of the molecule is CCC1(CC)CC(=O)N(c2ccc(N)c(F)c2)C1=O. The number of hydrogen-bond donors (Lipinski definition) is 1. The van der Waals surface area contributed by atoms with Crippen molar-refractivity contribution in [3.63, 3.8) is 0 Å². The third kappa shape index (κ3) is 1.99. The van der Waals surface area contributed by atoms with Crippen LogP contribution in [0.4, 0.5) is 15.8 Å². The van der Waals surface area contributed by atoms with Crippen molar-refractivity contribution in [2.45, 2.75) is 33.1 Å². The van der Waals surface area contributed by atoms with Gasteiger partial charge in [0.05, 0.1) is 16.8 Å². The summed E-state index contributed by atoms with van der Waals surface area (Å²) in [5, 5.41) is 0. The number of carbonyl (C=O) groups excluding carboxylic acids is 2. The fourth-order valence-corrected chi connectivity index (χ4v) is 2.51. The molecule has 1 aromatic rings. The van der Waals surface area contributed by atoms with Gasteiger partial charge in [0.25, 0.3) is 0 Å². The molecule has 1 aliphatic rings. The first-order chi connectivity index (χ1) is 8.95. The molecule has 0 spiro atoms. The number of benzene rings is 1. The maximum absolute atomic E-state index is 13.5. The van der Waals surface area contributed by atoms with Crippen molar-refractivity contribution in [3.05, 3.63) is 24.0 Å². The molecular weight excluding hydrogens is 247 g/mol. The fourth-order valence-electron chi connectivity index (χ4n) is 2.51. The number of nitrogen functional groups attached to an aromatic ring is 1. The number of imide groups is 1. The molecule has 1 aromatic carbocycles. The molecule has 1 aliphatic heterocycles. The number of carbonyl (C=O) groups is 2. The van der Waals surface area contributed by atoms with Crippen LogP contribution in [0.15, 0.2) is 18.2 Å². The number of nitrogens with two attached hydrogens (primary N) is 1. The highest BCUT2D eigenvalue weighted by molar-refractivity contribution is 6.22. The Kier molecular flexibility index (Phi) is 3.30. The molecule has 2 N–H and O–H groups in total. The van der Waals surface area contributed by atoms with Crippen molar-refractivity contribution in [1.82, 2.24) is 0 Å². The van der Waals surface area contributed by atoms with Crippen molar-refractivity contribution in [3.8, 4) is 0 Å². The minimum absolute atomic E-state index is 0.0000845. The summed E-state index contributed by atoms with van der Waals surface area (Å²) in [6, 6.07) is 3.99. The standard InChI is InChI=1S/C14H17FN2O2/c1-3-14(4-2)8-12(18)17(13(14)19)9-5-6-11(16)10(15)7-9/h5-7H,3-4,8,16H2,1-2H3. The predicted molar refractivity (Wildman–Crippen MR) is 70.9 cm³/mol. The molecule has 0 saturated carbocycles. The zero-order chi connectivity index (χ0) is 14.2. The Labute approximate surface area is 111 Å². The van der Waals surface area contributed by atoms with Crippen molar-refractivity contribution in [2.24, 2.45) is 5.41 Å². The lowest BCUT2D eigenvalue weighted by molar-refractivity contribution is -0.126. The average molecular weight is 264 g/mol. The van der Waals surface area contributed by atoms with Gasteiger partial charge in [-0.05, 0) is 25.0 Å². The van der Waals surface area contributed by atoms with Crippen LogP contribution in [0.3, 0.4) is 0 Å². The second kappa shape index (κ2) is 4.64. The van der Waals surface area contributed by atoms with Gasteiger partial charge in [0.2, 0.25) is 11.8 Å². The lowest BCUT2D eigenvalue weighted by Crippen LogP contribution is -2.35. The van der Waals surface area contributed by atoms with Gasteiger partial charge in [0.15, 0.2) is 0 Å². The van der Waals surface area contributed by atoms with Gasteiger partial charge in [0.1, 0.15) is 5.82 Å². The molecule has 2 rings (SSSR count). The maximum atomic E-state index is 13.5. The van der Waals surface area contributed by atoms with Crippen LogP contribution in [0, 0.1) is 11.2 Å². The zero-order valence-electron chi connectivity index (χ0n) is 11.1. The van der Waals surface area contributed by atoms with E-state index in [9.17, 15) is 14.0 Å². The summed E-state index contributed by atoms with van der Waals surface area (Å²) in [6.07, 6.45) is 1.38. The molecule has 4 nitrogen and oxygen atoms in total. The molecule has 1 fully saturated rings. The van der Waals surface area contributed by atoms with Crippen molar-refractivity contribution in [2.75, 3.05) is 10.6 Å². The first-order valence-corrected chi connectivity index (χ1v) is 6.37. The third-order valence-corrected chi connectivity index (χ3v) is 3.99. The van der Waals surface area contributed by atoms with E-state index < -0.39 is 11.2 Å². The quantitative estimate of drug-likeness (QED) is 0.673. The number of rotatable bonds is 3. The fraction of sp³-hybridized carbons (Fsp3) is 0.429. The number of hydrogen-bond acceptors (Lipinski definition) is 3. The van der Waals surface area contributed by atoms with E-state index in [1.54, 1.807) is 0 Å². The van der Waals surface area contributed by atoms with Crippen LogP contribution in [0.2, 0.25) is 0 Å². The van der Waals surface area contributed by atoms with Crippen LogP contribution in [-0.4, -0.2) is 11.8 Å². The summed E-state index contributed by atoms with van der Waals surface area (Å²) in [4.78, 5) is 25.6. The normalized spacial score (nSPS) is 18.2. The van der Waals surface area contributed by atoms with Crippen molar-refractivity contribution >= 4 is 23.2 Å². The van der Waals surface area contributed by atoms with Gasteiger partial charge in [0, 0.05) is 12.5 Å². The highest BCUT2D eigenvalue weighted by Gasteiger charge is 2.49. The molecule has 5 heteroatoms. The Balaban J connectivity index is 2.43. The first kappa shape index (κ1) is 13.5. The van der Waals surface area contributed by atoms with Gasteiger partial charge in [-0.2, -0.15) is 0 Å². The van der Waals surface area contributed by atoms with Gasteiger partial charge in [-0.25, -0.2) is 9.29 Å². The van der Waals surface area contributed by atoms with Crippen LogP contribution in [-0.2, 0) is 9.59 Å². The van der Waals surface area contributed by atoms with Crippen LogP contribution in [0.5, 0.6) is 0 Å². The molecule has 0 bridgehead atoms. The van der Waals surface area contributed by atoms with Crippen molar-refractivity contribution < 1.29 is 14.0 Å².